The summed E-state index contributed by atoms with van der Waals surface area (Å²) in [6.07, 6.45) is 17.3. The lowest BCUT2D eigenvalue weighted by Gasteiger charge is -2.29. The number of piperidine rings is 1. The summed E-state index contributed by atoms with van der Waals surface area (Å²) in [5.41, 5.74) is 8.64. The monoisotopic (exact) mass is 852 g/mol. The largest absolute Gasteiger partial charge is 0.485 e. The van der Waals surface area contributed by atoms with Gasteiger partial charge in [-0.15, -0.1) is 0 Å². The number of nitrogens with one attached hydrogen (secondary N) is 2. The van der Waals surface area contributed by atoms with E-state index < -0.39 is 11.9 Å². The van der Waals surface area contributed by atoms with E-state index in [-0.39, 0.29) is 60.3 Å². The van der Waals surface area contributed by atoms with Crippen LogP contribution in [-0.4, -0.2) is 77.4 Å². The van der Waals surface area contributed by atoms with Gasteiger partial charge in [0.2, 0.25) is 23.4 Å². The molecule has 2 N–H and O–H groups in total. The minimum Gasteiger partial charge on any atom is -0.485 e. The summed E-state index contributed by atoms with van der Waals surface area (Å²) < 4.78 is 8.16. The first-order chi connectivity index (χ1) is 30.3. The van der Waals surface area contributed by atoms with Crippen LogP contribution in [0, 0.1) is 0 Å². The highest BCUT2D eigenvalue weighted by Gasteiger charge is 2.43. The third-order valence-corrected chi connectivity index (χ3v) is 13.1. The number of Topliss-reactive ketones (excluding diaryl/α,β-unsaturated/α-hetero) is 1. The van der Waals surface area contributed by atoms with Gasteiger partial charge in [0, 0.05) is 78.0 Å². The Balaban J connectivity index is 0.792. The molecule has 0 radical (unpaired) electrons. The van der Waals surface area contributed by atoms with Gasteiger partial charge in [0.05, 0.1) is 12.0 Å². The molecule has 4 aliphatic heterocycles. The number of hydrogen-bond donors (Lipinski definition) is 2. The van der Waals surface area contributed by atoms with Crippen LogP contribution in [0.3, 0.4) is 0 Å². The Bertz CT molecular complexity index is 2390. The summed E-state index contributed by atoms with van der Waals surface area (Å²) in [6, 6.07) is 21.7. The van der Waals surface area contributed by atoms with Crippen LogP contribution in [0.5, 0.6) is 5.75 Å². The van der Waals surface area contributed by atoms with Crippen molar-refractivity contribution in [2.75, 3.05) is 31.6 Å². The van der Waals surface area contributed by atoms with E-state index in [0.717, 1.165) is 38.6 Å². The molecule has 330 valence electrons. The molecule has 7 rings (SSSR count). The van der Waals surface area contributed by atoms with Crippen LogP contribution in [0.4, 0.5) is 11.4 Å². The molecule has 1 atom stereocenters. The first-order valence-corrected chi connectivity index (χ1v) is 22.6. The molecule has 4 heterocycles. The smallest absolute Gasteiger partial charge is 0.255 e. The summed E-state index contributed by atoms with van der Waals surface area (Å²) in [6.45, 7) is 10.7. The lowest BCUT2D eigenvalue weighted by Crippen LogP contribution is -2.52. The number of ketones is 1. The van der Waals surface area contributed by atoms with Crippen LogP contribution in [0.1, 0.15) is 119 Å². The standard InChI is InChI=1S/C52H61N5O6/c1-51(2)39-22-13-15-24-41(39)55(5)45(51)27-10-6-11-28-46-52(3,4)40-23-14-16-25-42(40)56(46)33-18-8-12-29-47(59)53-32-17-7-9-20-36(58)35-63-44-26-19-21-37-38(44)34-57(50(37)62)43-30-31-48(60)54-49(43)61/h6,10-11,13-16,19,21-28,43H,7-9,12,17-18,20,29-35H2,1-5H3,(H-,53,54,59,60,61)/p+1/t43-/m0/s1. The van der Waals surface area contributed by atoms with Gasteiger partial charge in [-0.05, 0) is 75.8 Å². The second kappa shape index (κ2) is 19.5. The number of nitrogens with zero attached hydrogens (tertiary/aromatic N) is 3. The van der Waals surface area contributed by atoms with Crippen LogP contribution in [0.25, 0.3) is 0 Å². The van der Waals surface area contributed by atoms with Crippen LogP contribution in [0.15, 0.2) is 103 Å². The lowest BCUT2D eigenvalue weighted by molar-refractivity contribution is -0.401. The van der Waals surface area contributed by atoms with Gasteiger partial charge >= 0.3 is 0 Å². The predicted molar refractivity (Wildman–Crippen MR) is 246 cm³/mol. The fraction of sp³-hybridized carbons (Fsp3) is 0.423. The minimum atomic E-state index is -0.713. The van der Waals surface area contributed by atoms with Crippen molar-refractivity contribution in [3.05, 3.63) is 125 Å². The minimum absolute atomic E-state index is 0.0433. The van der Waals surface area contributed by atoms with Crippen molar-refractivity contribution in [3.63, 3.8) is 0 Å². The highest BCUT2D eigenvalue weighted by Crippen LogP contribution is 2.48. The molecule has 0 aromatic heterocycles. The Morgan fingerprint density at radius 1 is 0.841 bits per heavy atom. The Kier molecular flexibility index (Phi) is 13.9. The fourth-order valence-corrected chi connectivity index (χ4v) is 9.64. The molecule has 0 spiro atoms. The quantitative estimate of drug-likeness (QED) is 0.0540. The van der Waals surface area contributed by atoms with E-state index in [1.54, 1.807) is 18.2 Å². The van der Waals surface area contributed by atoms with Crippen molar-refractivity contribution in [1.82, 2.24) is 15.5 Å². The number of imide groups is 1. The van der Waals surface area contributed by atoms with Crippen LogP contribution in [0.2, 0.25) is 0 Å². The maximum Gasteiger partial charge on any atom is 0.255 e. The number of carbonyl (C=O) groups excluding carboxylic acids is 5. The molecule has 1 saturated heterocycles. The first kappa shape index (κ1) is 44.9. The molecule has 4 aliphatic rings. The Morgan fingerprint density at radius 3 is 2.38 bits per heavy atom. The number of amides is 4. The molecule has 3 aromatic carbocycles. The molecular weight excluding hydrogens is 791 g/mol. The summed E-state index contributed by atoms with van der Waals surface area (Å²) in [4.78, 5) is 66.3. The van der Waals surface area contributed by atoms with Gasteiger partial charge in [-0.1, -0.05) is 87.4 Å². The highest BCUT2D eigenvalue weighted by molar-refractivity contribution is 6.06. The van der Waals surface area contributed by atoms with Crippen LogP contribution >= 0.6 is 0 Å². The molecule has 0 unspecified atom stereocenters. The molecular formula is C52H62N5O6+. The maximum atomic E-state index is 13.1. The van der Waals surface area contributed by atoms with Crippen molar-refractivity contribution in [2.45, 2.75) is 115 Å². The van der Waals surface area contributed by atoms with Crippen molar-refractivity contribution in [3.8, 4) is 5.75 Å². The van der Waals surface area contributed by atoms with Crippen LogP contribution in [-0.2, 0) is 36.6 Å². The van der Waals surface area contributed by atoms with Gasteiger partial charge in [-0.2, -0.15) is 4.58 Å². The molecule has 4 amide bonds. The second-order valence-corrected chi connectivity index (χ2v) is 18.2. The first-order valence-electron chi connectivity index (χ1n) is 22.6. The molecule has 3 aromatic rings. The van der Waals surface area contributed by atoms with Gasteiger partial charge in [0.15, 0.2) is 11.5 Å². The molecule has 11 nitrogen and oxygen atoms in total. The van der Waals surface area contributed by atoms with Crippen molar-refractivity contribution in [2.24, 2.45) is 0 Å². The number of benzene rings is 3. The van der Waals surface area contributed by atoms with E-state index in [9.17, 15) is 24.0 Å². The van der Waals surface area contributed by atoms with Crippen LogP contribution < -0.4 is 20.3 Å². The third kappa shape index (κ3) is 9.77. The van der Waals surface area contributed by atoms with Crippen molar-refractivity contribution in [1.29, 1.82) is 0 Å². The van der Waals surface area contributed by atoms with Gasteiger partial charge in [0.25, 0.3) is 5.91 Å². The molecule has 0 saturated carbocycles. The summed E-state index contributed by atoms with van der Waals surface area (Å²) in [7, 11) is 2.14. The predicted octanol–water partition coefficient (Wildman–Crippen LogP) is 8.13. The number of carbonyl (C=O) groups is 5. The number of fused-ring (bicyclic) bond motifs is 3. The van der Waals surface area contributed by atoms with E-state index >= 15 is 0 Å². The van der Waals surface area contributed by atoms with E-state index in [1.165, 1.54) is 38.8 Å². The Hall–Kier alpha value is -6.10. The van der Waals surface area contributed by atoms with Gasteiger partial charge < -0.3 is 19.9 Å². The average molecular weight is 853 g/mol. The number of hydrogen-bond acceptors (Lipinski definition) is 7. The molecule has 1 fully saturated rings. The number of rotatable bonds is 19. The molecule has 11 heteroatoms. The zero-order valence-electron chi connectivity index (χ0n) is 37.5. The summed E-state index contributed by atoms with van der Waals surface area (Å²) >= 11 is 0. The number of allylic oxidation sites excluding steroid dienone is 6. The maximum absolute atomic E-state index is 13.1. The normalized spacial score (nSPS) is 19.3. The topological polar surface area (TPSA) is 128 Å². The van der Waals surface area contributed by atoms with E-state index in [4.69, 9.17) is 4.74 Å². The Labute approximate surface area is 372 Å². The molecule has 63 heavy (non-hydrogen) atoms. The van der Waals surface area contributed by atoms with Crippen molar-refractivity contribution < 1.29 is 33.3 Å². The average Bonchev–Trinajstić information content (AvgIpc) is 3.78. The van der Waals surface area contributed by atoms with E-state index in [0.29, 0.717) is 42.7 Å². The number of unbranched alkanes of at least 4 members (excludes halogenated alkanes) is 4. The second-order valence-electron chi connectivity index (χ2n) is 18.2. The zero-order valence-corrected chi connectivity index (χ0v) is 37.5. The van der Waals surface area contributed by atoms with Gasteiger partial charge in [-0.25, -0.2) is 0 Å². The molecule has 0 bridgehead atoms. The number of para-hydroxylation sites is 2. The van der Waals surface area contributed by atoms with Crippen molar-refractivity contribution >= 4 is 46.5 Å². The molecule has 0 aliphatic carbocycles. The highest BCUT2D eigenvalue weighted by atomic mass is 16.5. The number of ether oxygens (including phenoxy) is 1. The number of anilines is 1. The zero-order chi connectivity index (χ0) is 44.7. The summed E-state index contributed by atoms with van der Waals surface area (Å²) in [5, 5.41) is 5.36. The fourth-order valence-electron chi connectivity index (χ4n) is 9.64. The van der Waals surface area contributed by atoms with Gasteiger partial charge in [-0.3, -0.25) is 29.3 Å². The Morgan fingerprint density at radius 2 is 1.59 bits per heavy atom. The van der Waals surface area contributed by atoms with E-state index in [1.807, 2.05) is 0 Å². The van der Waals surface area contributed by atoms with E-state index in [2.05, 4.69) is 134 Å². The SMILES string of the molecule is C[N+]1=C(/C=C/C=C/C=C2\N(CCCCCC(=O)NCCCCCC(=O)COc3cccc4c3CN([C@H]3CCC(=O)NC3=O)C4=O)c3ccccc3C2(C)C)C(C)(C)c2ccccc21. The third-order valence-electron chi connectivity index (χ3n) is 13.1. The summed E-state index contributed by atoms with van der Waals surface area (Å²) in [5.74, 6) is -0.615. The lowest BCUT2D eigenvalue weighted by atomic mass is 9.81. The van der Waals surface area contributed by atoms with Gasteiger partial charge in [0.1, 0.15) is 25.4 Å².